The quantitative estimate of drug-likeness (QED) is 0.797. The lowest BCUT2D eigenvalue weighted by Crippen LogP contribution is -2.60. The number of carbonyl (C=O) groups excluding carboxylic acids is 2. The first-order valence-electron chi connectivity index (χ1n) is 8.39. The molecule has 0 saturated carbocycles. The largest absolute Gasteiger partial charge is 0.402 e. The second-order valence-corrected chi connectivity index (χ2v) is 6.42. The number of benzene rings is 1. The third kappa shape index (κ3) is 4.40. The Morgan fingerprint density at radius 3 is 2.59 bits per heavy atom. The van der Waals surface area contributed by atoms with E-state index in [1.54, 1.807) is 5.32 Å². The lowest BCUT2D eigenvalue weighted by atomic mass is 10.0. The normalized spacial score (nSPS) is 29.1. The minimum Gasteiger partial charge on any atom is -0.394 e. The zero-order valence-corrected chi connectivity index (χ0v) is 14.2. The van der Waals surface area contributed by atoms with E-state index in [4.69, 9.17) is 9.47 Å². The molecule has 0 bridgehead atoms. The standard InChI is InChI=1S/C17H19F3N2O5/c18-17(19,20)11-7-22(16(25)21-15(11)24)14-6-12(13(8-23)27-14)26-9-10-4-2-1-3-5-10/h1-5,11-14,23H,6-9H2,(H,21,24,25). The first kappa shape index (κ1) is 19.6. The lowest BCUT2D eigenvalue weighted by molar-refractivity contribution is -0.192. The van der Waals surface area contributed by atoms with Gasteiger partial charge in [-0.05, 0) is 5.56 Å². The molecule has 0 aromatic heterocycles. The van der Waals surface area contributed by atoms with Crippen LogP contribution < -0.4 is 5.32 Å². The lowest BCUT2D eigenvalue weighted by Gasteiger charge is -2.36. The molecule has 0 radical (unpaired) electrons. The summed E-state index contributed by atoms with van der Waals surface area (Å²) in [7, 11) is 0. The van der Waals surface area contributed by atoms with Crippen molar-refractivity contribution >= 4 is 11.9 Å². The van der Waals surface area contributed by atoms with E-state index >= 15 is 0 Å². The van der Waals surface area contributed by atoms with E-state index in [2.05, 4.69) is 0 Å². The number of carbonyl (C=O) groups is 2. The van der Waals surface area contributed by atoms with Crippen molar-refractivity contribution in [2.75, 3.05) is 13.2 Å². The minimum absolute atomic E-state index is 0.0875. The molecule has 2 aliphatic heterocycles. The number of ether oxygens (including phenoxy) is 2. The number of imide groups is 1. The predicted molar refractivity (Wildman–Crippen MR) is 85.2 cm³/mol. The number of alkyl halides is 3. The van der Waals surface area contributed by atoms with Crippen molar-refractivity contribution in [3.8, 4) is 0 Å². The van der Waals surface area contributed by atoms with Crippen LogP contribution in [0.15, 0.2) is 30.3 Å². The zero-order valence-electron chi connectivity index (χ0n) is 14.2. The average molecular weight is 388 g/mol. The molecular weight excluding hydrogens is 369 g/mol. The van der Waals surface area contributed by atoms with Crippen molar-refractivity contribution in [3.63, 3.8) is 0 Å². The topological polar surface area (TPSA) is 88.1 Å². The van der Waals surface area contributed by atoms with Crippen LogP contribution in [-0.2, 0) is 20.9 Å². The summed E-state index contributed by atoms with van der Waals surface area (Å²) in [5.74, 6) is -3.70. The van der Waals surface area contributed by atoms with Gasteiger partial charge in [-0.1, -0.05) is 30.3 Å². The van der Waals surface area contributed by atoms with Gasteiger partial charge in [-0.15, -0.1) is 0 Å². The van der Waals surface area contributed by atoms with Crippen molar-refractivity contribution in [2.45, 2.75) is 37.6 Å². The van der Waals surface area contributed by atoms with Gasteiger partial charge in [0.25, 0.3) is 0 Å². The molecule has 2 fully saturated rings. The van der Waals surface area contributed by atoms with Gasteiger partial charge in [-0.2, -0.15) is 13.2 Å². The van der Waals surface area contributed by atoms with Crippen LogP contribution in [0.2, 0.25) is 0 Å². The fourth-order valence-corrected chi connectivity index (χ4v) is 3.14. The maximum absolute atomic E-state index is 13.0. The van der Waals surface area contributed by atoms with Gasteiger partial charge in [-0.3, -0.25) is 15.0 Å². The van der Waals surface area contributed by atoms with Crippen LogP contribution >= 0.6 is 0 Å². The van der Waals surface area contributed by atoms with Crippen molar-refractivity contribution in [2.24, 2.45) is 5.92 Å². The number of aliphatic hydroxyl groups is 1. The van der Waals surface area contributed by atoms with Gasteiger partial charge in [-0.25, -0.2) is 4.79 Å². The van der Waals surface area contributed by atoms with Gasteiger partial charge in [0.1, 0.15) is 12.3 Å². The van der Waals surface area contributed by atoms with Crippen LogP contribution in [-0.4, -0.2) is 59.7 Å². The van der Waals surface area contributed by atoms with Gasteiger partial charge in [0.15, 0.2) is 5.92 Å². The van der Waals surface area contributed by atoms with Gasteiger partial charge in [0.2, 0.25) is 5.91 Å². The molecule has 4 unspecified atom stereocenters. The summed E-state index contributed by atoms with van der Waals surface area (Å²) in [4.78, 5) is 24.3. The number of nitrogens with zero attached hydrogens (tertiary/aromatic N) is 1. The van der Waals surface area contributed by atoms with Crippen LogP contribution in [0, 0.1) is 5.92 Å². The number of halogens is 3. The van der Waals surface area contributed by atoms with E-state index in [9.17, 15) is 27.9 Å². The second kappa shape index (κ2) is 7.83. The van der Waals surface area contributed by atoms with E-state index in [1.807, 2.05) is 30.3 Å². The SMILES string of the molecule is O=C1NC(=O)N(C2CC(OCc3ccccc3)C(CO)O2)CC1C(F)(F)F. The number of hydrogen-bond donors (Lipinski definition) is 2. The molecule has 7 nitrogen and oxygen atoms in total. The Bertz CT molecular complexity index is 685. The number of amides is 3. The highest BCUT2D eigenvalue weighted by atomic mass is 19.4. The first-order chi connectivity index (χ1) is 12.8. The molecule has 3 amide bonds. The van der Waals surface area contributed by atoms with Gasteiger partial charge < -0.3 is 14.6 Å². The summed E-state index contributed by atoms with van der Waals surface area (Å²) in [5.41, 5.74) is 0.885. The Labute approximate surface area is 153 Å². The molecule has 0 aliphatic carbocycles. The number of nitrogens with one attached hydrogen (secondary N) is 1. The van der Waals surface area contributed by atoms with E-state index in [1.165, 1.54) is 0 Å². The molecule has 148 valence electrons. The Hall–Kier alpha value is -2.17. The minimum atomic E-state index is -4.78. The molecule has 1 aromatic rings. The molecule has 27 heavy (non-hydrogen) atoms. The van der Waals surface area contributed by atoms with Crippen molar-refractivity contribution in [1.82, 2.24) is 10.2 Å². The Morgan fingerprint density at radius 2 is 1.96 bits per heavy atom. The number of aliphatic hydroxyl groups excluding tert-OH is 1. The van der Waals surface area contributed by atoms with Gasteiger partial charge >= 0.3 is 12.2 Å². The third-order valence-electron chi connectivity index (χ3n) is 4.60. The summed E-state index contributed by atoms with van der Waals surface area (Å²) in [6, 6.07) is 8.26. The number of rotatable bonds is 5. The molecule has 2 heterocycles. The predicted octanol–water partition coefficient (Wildman–Crippen LogP) is 1.41. The number of hydrogen-bond acceptors (Lipinski definition) is 5. The molecule has 2 aliphatic rings. The summed E-state index contributed by atoms with van der Waals surface area (Å²) in [6.07, 6.45) is -7.10. The van der Waals surface area contributed by atoms with Crippen LogP contribution in [0.25, 0.3) is 0 Å². The molecule has 10 heteroatoms. The fourth-order valence-electron chi connectivity index (χ4n) is 3.14. The average Bonchev–Trinajstić information content (AvgIpc) is 3.02. The molecule has 4 atom stereocenters. The van der Waals surface area contributed by atoms with Crippen LogP contribution in [0.4, 0.5) is 18.0 Å². The van der Waals surface area contributed by atoms with E-state index < -0.39 is 55.6 Å². The smallest absolute Gasteiger partial charge is 0.394 e. The Morgan fingerprint density at radius 1 is 1.26 bits per heavy atom. The van der Waals surface area contributed by atoms with Crippen molar-refractivity contribution < 1.29 is 37.3 Å². The number of urea groups is 1. The van der Waals surface area contributed by atoms with Gasteiger partial charge in [0, 0.05) is 13.0 Å². The summed E-state index contributed by atoms with van der Waals surface area (Å²) in [5, 5.41) is 11.2. The van der Waals surface area contributed by atoms with Crippen LogP contribution in [0.1, 0.15) is 12.0 Å². The van der Waals surface area contributed by atoms with E-state index in [0.29, 0.717) is 0 Å². The molecular formula is C17H19F3N2O5. The Kier molecular flexibility index (Phi) is 5.68. The van der Waals surface area contributed by atoms with Crippen molar-refractivity contribution in [3.05, 3.63) is 35.9 Å². The zero-order chi connectivity index (χ0) is 19.6. The summed E-state index contributed by atoms with van der Waals surface area (Å²) >= 11 is 0. The first-order valence-corrected chi connectivity index (χ1v) is 8.39. The van der Waals surface area contributed by atoms with E-state index in [-0.39, 0.29) is 13.0 Å². The summed E-state index contributed by atoms with van der Waals surface area (Å²) in [6.45, 7) is -1.01. The Balaban J connectivity index is 1.66. The maximum atomic E-state index is 13.0. The molecule has 2 saturated heterocycles. The highest BCUT2D eigenvalue weighted by molar-refractivity contribution is 5.98. The third-order valence-corrected chi connectivity index (χ3v) is 4.60. The summed E-state index contributed by atoms with van der Waals surface area (Å²) < 4.78 is 50.3. The second-order valence-electron chi connectivity index (χ2n) is 6.42. The molecule has 1 aromatic carbocycles. The monoisotopic (exact) mass is 388 g/mol. The van der Waals surface area contributed by atoms with Crippen LogP contribution in [0.5, 0.6) is 0 Å². The van der Waals surface area contributed by atoms with Crippen LogP contribution in [0.3, 0.4) is 0 Å². The van der Waals surface area contributed by atoms with Crippen molar-refractivity contribution in [1.29, 1.82) is 0 Å². The highest BCUT2D eigenvalue weighted by Crippen LogP contribution is 2.33. The van der Waals surface area contributed by atoms with E-state index in [0.717, 1.165) is 10.5 Å². The maximum Gasteiger partial charge on any atom is 0.402 e. The molecule has 2 N–H and O–H groups in total. The molecule has 3 rings (SSSR count). The highest BCUT2D eigenvalue weighted by Gasteiger charge is 2.52. The fraction of sp³-hybridized carbons (Fsp3) is 0.529. The van der Waals surface area contributed by atoms with Gasteiger partial charge in [0.05, 0.1) is 19.3 Å². The molecule has 0 spiro atoms.